The Labute approximate surface area is 194 Å². The summed E-state index contributed by atoms with van der Waals surface area (Å²) >= 11 is 3.17. The largest absolute Gasteiger partial charge is 0.305 e. The number of halogens is 3. The monoisotopic (exact) mass is 508 g/mol. The van der Waals surface area contributed by atoms with Crippen LogP contribution in [0, 0.1) is 11.6 Å². The molecule has 3 heterocycles. The number of benzene rings is 2. The Bertz CT molecular complexity index is 1510. The first-order valence-electron chi connectivity index (χ1n) is 9.80. The summed E-state index contributed by atoms with van der Waals surface area (Å²) in [5.41, 5.74) is 3.18. The molecule has 0 spiro atoms. The van der Waals surface area contributed by atoms with Gasteiger partial charge >= 0.3 is 0 Å². The Kier molecular flexibility index (Phi) is 5.21. The van der Waals surface area contributed by atoms with E-state index in [0.29, 0.717) is 21.5 Å². The predicted octanol–water partition coefficient (Wildman–Crippen LogP) is 5.09. The smallest absolute Gasteiger partial charge is 0.259 e. The fraction of sp³-hybridized carbons (Fsp3) is 0.0435. The Morgan fingerprint density at radius 3 is 2.55 bits per heavy atom. The van der Waals surface area contributed by atoms with Crippen LogP contribution in [0.2, 0.25) is 0 Å². The topological polar surface area (TPSA) is 77.1 Å². The standard InChI is InChI=1S/C23H15BrF2N6O/c1-31-11-17(22(30-31)13-2-5-15(25)6-3-13)19-8-9-21-27-20(12-32(21)29-19)28-23(33)16-7-4-14(24)10-18(16)26/h2-12H,1H3,(H,28,33). The predicted molar refractivity (Wildman–Crippen MR) is 123 cm³/mol. The van der Waals surface area contributed by atoms with Gasteiger partial charge in [0.15, 0.2) is 11.5 Å². The van der Waals surface area contributed by atoms with Crippen molar-refractivity contribution in [2.45, 2.75) is 0 Å². The maximum atomic E-state index is 14.1. The molecule has 0 saturated carbocycles. The molecule has 0 bridgehead atoms. The van der Waals surface area contributed by atoms with Crippen molar-refractivity contribution >= 4 is 33.3 Å². The lowest BCUT2D eigenvalue weighted by molar-refractivity contribution is 0.102. The third kappa shape index (κ3) is 4.12. The van der Waals surface area contributed by atoms with Crippen molar-refractivity contribution in [3.63, 3.8) is 0 Å². The zero-order valence-electron chi connectivity index (χ0n) is 17.1. The number of fused-ring (bicyclic) bond motifs is 1. The van der Waals surface area contributed by atoms with E-state index in [1.807, 2.05) is 6.20 Å². The molecule has 5 rings (SSSR count). The summed E-state index contributed by atoms with van der Waals surface area (Å²) in [6.45, 7) is 0. The van der Waals surface area contributed by atoms with E-state index in [2.05, 4.69) is 36.4 Å². The van der Waals surface area contributed by atoms with Crippen LogP contribution in [0.4, 0.5) is 14.6 Å². The quantitative estimate of drug-likeness (QED) is 0.366. The molecule has 0 fully saturated rings. The summed E-state index contributed by atoms with van der Waals surface area (Å²) in [7, 11) is 1.79. The number of aromatic nitrogens is 5. The van der Waals surface area contributed by atoms with Gasteiger partial charge in [-0.25, -0.2) is 18.3 Å². The van der Waals surface area contributed by atoms with Gasteiger partial charge in [0.05, 0.1) is 17.5 Å². The maximum absolute atomic E-state index is 14.1. The van der Waals surface area contributed by atoms with Gasteiger partial charge in [-0.3, -0.25) is 9.48 Å². The molecule has 5 aromatic rings. The van der Waals surface area contributed by atoms with Crippen LogP contribution in [0.5, 0.6) is 0 Å². The van der Waals surface area contributed by atoms with Crippen molar-refractivity contribution in [1.82, 2.24) is 24.4 Å². The van der Waals surface area contributed by atoms with Crippen LogP contribution in [0.3, 0.4) is 0 Å². The van der Waals surface area contributed by atoms with Crippen molar-refractivity contribution in [3.05, 3.63) is 88.7 Å². The molecule has 0 atom stereocenters. The number of anilines is 1. The van der Waals surface area contributed by atoms with Gasteiger partial charge in [0.2, 0.25) is 0 Å². The zero-order chi connectivity index (χ0) is 23.1. The molecule has 0 aliphatic rings. The molecule has 1 amide bonds. The average Bonchev–Trinajstić information content (AvgIpc) is 3.36. The van der Waals surface area contributed by atoms with Crippen LogP contribution in [0.1, 0.15) is 10.4 Å². The molecule has 0 aliphatic carbocycles. The lowest BCUT2D eigenvalue weighted by Crippen LogP contribution is -2.13. The third-order valence-corrected chi connectivity index (χ3v) is 5.45. The number of rotatable bonds is 4. The molecule has 1 N–H and O–H groups in total. The van der Waals surface area contributed by atoms with E-state index in [0.717, 1.165) is 11.1 Å². The zero-order valence-corrected chi connectivity index (χ0v) is 18.7. The van der Waals surface area contributed by atoms with Gasteiger partial charge in [-0.05, 0) is 54.6 Å². The molecular weight excluding hydrogens is 494 g/mol. The van der Waals surface area contributed by atoms with Crippen LogP contribution in [0.25, 0.3) is 28.2 Å². The SMILES string of the molecule is Cn1cc(-c2ccc3nc(NC(=O)c4ccc(Br)cc4F)cn3n2)c(-c2ccc(F)cc2)n1. The maximum Gasteiger partial charge on any atom is 0.259 e. The minimum atomic E-state index is -0.643. The molecule has 33 heavy (non-hydrogen) atoms. The molecular formula is C23H15BrF2N6O. The molecule has 3 aromatic heterocycles. The summed E-state index contributed by atoms with van der Waals surface area (Å²) in [5.74, 6) is -1.35. The highest BCUT2D eigenvalue weighted by atomic mass is 79.9. The molecule has 0 unspecified atom stereocenters. The second-order valence-electron chi connectivity index (χ2n) is 7.30. The van der Waals surface area contributed by atoms with Crippen molar-refractivity contribution in [1.29, 1.82) is 0 Å². The molecule has 164 valence electrons. The molecule has 0 saturated heterocycles. The van der Waals surface area contributed by atoms with Gasteiger partial charge in [-0.1, -0.05) is 15.9 Å². The molecule has 2 aromatic carbocycles. The number of hydrogen-bond acceptors (Lipinski definition) is 4. The second kappa shape index (κ2) is 8.21. The minimum absolute atomic E-state index is 0.0943. The number of nitrogens with one attached hydrogen (secondary N) is 1. The number of hydrogen-bond donors (Lipinski definition) is 1. The Morgan fingerprint density at radius 2 is 1.79 bits per heavy atom. The van der Waals surface area contributed by atoms with E-state index in [9.17, 15) is 13.6 Å². The highest BCUT2D eigenvalue weighted by molar-refractivity contribution is 9.10. The number of carbonyl (C=O) groups excluding carboxylic acids is 1. The first-order chi connectivity index (χ1) is 15.9. The van der Waals surface area contributed by atoms with Gasteiger partial charge in [0.25, 0.3) is 5.91 Å². The van der Waals surface area contributed by atoms with E-state index in [1.54, 1.807) is 48.3 Å². The number of carbonyl (C=O) groups is 1. The fourth-order valence-electron chi connectivity index (χ4n) is 3.44. The number of nitrogens with zero attached hydrogens (tertiary/aromatic N) is 5. The van der Waals surface area contributed by atoms with Crippen molar-refractivity contribution < 1.29 is 13.6 Å². The van der Waals surface area contributed by atoms with Gasteiger partial charge in [-0.15, -0.1) is 0 Å². The van der Waals surface area contributed by atoms with Crippen LogP contribution in [-0.4, -0.2) is 30.3 Å². The molecule has 10 heteroatoms. The van der Waals surface area contributed by atoms with Crippen molar-refractivity contribution in [3.8, 4) is 22.5 Å². The van der Waals surface area contributed by atoms with Crippen LogP contribution >= 0.6 is 15.9 Å². The Hall–Kier alpha value is -3.92. The second-order valence-corrected chi connectivity index (χ2v) is 8.21. The van der Waals surface area contributed by atoms with Crippen molar-refractivity contribution in [2.24, 2.45) is 7.05 Å². The summed E-state index contributed by atoms with van der Waals surface area (Å²) in [6, 6.07) is 13.8. The molecule has 0 radical (unpaired) electrons. The normalized spacial score (nSPS) is 11.2. The number of aryl methyl sites for hydroxylation is 1. The van der Waals surface area contributed by atoms with Gasteiger partial charge in [0.1, 0.15) is 17.3 Å². The summed E-state index contributed by atoms with van der Waals surface area (Å²) < 4.78 is 31.2. The van der Waals surface area contributed by atoms with Crippen LogP contribution < -0.4 is 5.32 Å². The Balaban J connectivity index is 1.47. The molecule has 7 nitrogen and oxygen atoms in total. The van der Waals surface area contributed by atoms with E-state index < -0.39 is 11.7 Å². The highest BCUT2D eigenvalue weighted by Gasteiger charge is 2.17. The third-order valence-electron chi connectivity index (χ3n) is 4.96. The summed E-state index contributed by atoms with van der Waals surface area (Å²) in [4.78, 5) is 16.8. The van der Waals surface area contributed by atoms with E-state index in [-0.39, 0.29) is 17.2 Å². The fourth-order valence-corrected chi connectivity index (χ4v) is 3.77. The molecule has 0 aliphatic heterocycles. The highest BCUT2D eigenvalue weighted by Crippen LogP contribution is 2.30. The summed E-state index contributed by atoms with van der Waals surface area (Å²) in [5, 5.41) is 11.7. The van der Waals surface area contributed by atoms with Crippen molar-refractivity contribution in [2.75, 3.05) is 5.32 Å². The summed E-state index contributed by atoms with van der Waals surface area (Å²) in [6.07, 6.45) is 3.37. The first-order valence-corrected chi connectivity index (χ1v) is 10.6. The average molecular weight is 509 g/mol. The lowest BCUT2D eigenvalue weighted by atomic mass is 10.1. The number of imidazole rings is 1. The van der Waals surface area contributed by atoms with E-state index in [4.69, 9.17) is 0 Å². The lowest BCUT2D eigenvalue weighted by Gasteiger charge is -2.03. The van der Waals surface area contributed by atoms with Crippen LogP contribution in [-0.2, 0) is 7.05 Å². The first kappa shape index (κ1) is 21.0. The Morgan fingerprint density at radius 1 is 1.00 bits per heavy atom. The van der Waals surface area contributed by atoms with Gasteiger partial charge in [0, 0.05) is 28.8 Å². The van der Waals surface area contributed by atoms with Gasteiger partial charge in [-0.2, -0.15) is 10.2 Å². The van der Waals surface area contributed by atoms with E-state index >= 15 is 0 Å². The number of amides is 1. The van der Waals surface area contributed by atoms with Gasteiger partial charge < -0.3 is 5.32 Å². The van der Waals surface area contributed by atoms with E-state index in [1.165, 1.54) is 28.8 Å². The van der Waals surface area contributed by atoms with Crippen LogP contribution in [0.15, 0.2) is 71.5 Å². The minimum Gasteiger partial charge on any atom is -0.305 e.